The molecule has 0 aromatic heterocycles. The molecule has 1 aromatic carbocycles. The van der Waals surface area contributed by atoms with Gasteiger partial charge in [-0.3, -0.25) is 4.79 Å². The van der Waals surface area contributed by atoms with Crippen molar-refractivity contribution in [2.75, 3.05) is 13.2 Å². The van der Waals surface area contributed by atoms with Crippen LogP contribution in [0.2, 0.25) is 0 Å². The van der Waals surface area contributed by atoms with Crippen molar-refractivity contribution in [1.82, 2.24) is 4.90 Å². The largest absolute Gasteiger partial charge is 0.493 e. The van der Waals surface area contributed by atoms with Gasteiger partial charge in [0.15, 0.2) is 6.04 Å². The Morgan fingerprint density at radius 3 is 2.45 bits per heavy atom. The number of carboxylic acid groups (broad SMARTS) is 1. The van der Waals surface area contributed by atoms with Gasteiger partial charge in [0.05, 0.1) is 6.61 Å². The molecule has 0 aliphatic rings. The second-order valence-electron chi connectivity index (χ2n) is 4.42. The number of carbonyl (C=O) groups is 2. The smallest absolute Gasteiger partial charge is 0.331 e. The Hall–Kier alpha value is -2.04. The molecule has 0 saturated carbocycles. The van der Waals surface area contributed by atoms with Gasteiger partial charge in [-0.1, -0.05) is 25.1 Å². The molecule has 0 fully saturated rings. The molecule has 110 valence electrons. The number of carboxylic acids is 1. The molecule has 1 atom stereocenters. The average Bonchev–Trinajstić information content (AvgIpc) is 2.39. The van der Waals surface area contributed by atoms with Crippen molar-refractivity contribution in [1.29, 1.82) is 0 Å². The second-order valence-corrected chi connectivity index (χ2v) is 4.42. The third-order valence-electron chi connectivity index (χ3n) is 2.93. The quantitative estimate of drug-likeness (QED) is 0.832. The van der Waals surface area contributed by atoms with Crippen molar-refractivity contribution >= 4 is 11.9 Å². The SMILES string of the molecule is CCCN(C(C)=O)C(C(=O)O)c1ccccc1OCC. The van der Waals surface area contributed by atoms with Crippen LogP contribution in [-0.2, 0) is 9.59 Å². The van der Waals surface area contributed by atoms with E-state index in [0.717, 1.165) is 0 Å². The molecule has 1 unspecified atom stereocenters. The normalized spacial score (nSPS) is 11.8. The molecule has 0 bridgehead atoms. The summed E-state index contributed by atoms with van der Waals surface area (Å²) >= 11 is 0. The highest BCUT2D eigenvalue weighted by Crippen LogP contribution is 2.30. The standard InChI is InChI=1S/C15H21NO4/c1-4-10-16(11(3)17)14(15(18)19)12-8-6-7-9-13(12)20-5-2/h6-9,14H,4-5,10H2,1-3H3,(H,18,19). The fourth-order valence-electron chi connectivity index (χ4n) is 2.14. The van der Waals surface area contributed by atoms with E-state index >= 15 is 0 Å². The summed E-state index contributed by atoms with van der Waals surface area (Å²) in [5, 5.41) is 9.52. The Morgan fingerprint density at radius 2 is 1.95 bits per heavy atom. The molecule has 1 amide bonds. The van der Waals surface area contributed by atoms with Gasteiger partial charge < -0.3 is 14.7 Å². The zero-order valence-corrected chi connectivity index (χ0v) is 12.1. The van der Waals surface area contributed by atoms with Crippen molar-refractivity contribution in [3.63, 3.8) is 0 Å². The molecule has 0 aliphatic heterocycles. The Labute approximate surface area is 119 Å². The molecule has 0 heterocycles. The molecule has 20 heavy (non-hydrogen) atoms. The molecule has 5 nitrogen and oxygen atoms in total. The van der Waals surface area contributed by atoms with Gasteiger partial charge in [0.25, 0.3) is 0 Å². The average molecular weight is 279 g/mol. The highest BCUT2D eigenvalue weighted by Gasteiger charge is 2.31. The summed E-state index contributed by atoms with van der Waals surface area (Å²) < 4.78 is 5.47. The number of hydrogen-bond acceptors (Lipinski definition) is 3. The maximum Gasteiger partial charge on any atom is 0.331 e. The van der Waals surface area contributed by atoms with Gasteiger partial charge in [-0.15, -0.1) is 0 Å². The minimum absolute atomic E-state index is 0.259. The Balaban J connectivity index is 3.25. The summed E-state index contributed by atoms with van der Waals surface area (Å²) in [6.07, 6.45) is 0.695. The molecular weight excluding hydrogens is 258 g/mol. The highest BCUT2D eigenvalue weighted by atomic mass is 16.5. The summed E-state index contributed by atoms with van der Waals surface area (Å²) in [7, 11) is 0. The fraction of sp³-hybridized carbons (Fsp3) is 0.467. The van der Waals surface area contributed by atoms with Crippen molar-refractivity contribution < 1.29 is 19.4 Å². The van der Waals surface area contributed by atoms with Crippen LogP contribution >= 0.6 is 0 Å². The van der Waals surface area contributed by atoms with Crippen LogP contribution in [0.5, 0.6) is 5.75 Å². The summed E-state index contributed by atoms with van der Waals surface area (Å²) in [5.41, 5.74) is 0.505. The number of para-hydroxylation sites is 1. The lowest BCUT2D eigenvalue weighted by atomic mass is 10.0. The predicted molar refractivity (Wildman–Crippen MR) is 75.7 cm³/mol. The zero-order chi connectivity index (χ0) is 15.1. The van der Waals surface area contributed by atoms with Crippen LogP contribution in [0.4, 0.5) is 0 Å². The zero-order valence-electron chi connectivity index (χ0n) is 12.1. The van der Waals surface area contributed by atoms with E-state index in [-0.39, 0.29) is 5.91 Å². The Bertz CT molecular complexity index is 473. The van der Waals surface area contributed by atoms with E-state index in [1.54, 1.807) is 24.3 Å². The van der Waals surface area contributed by atoms with Crippen molar-refractivity contribution in [3.05, 3.63) is 29.8 Å². The Kier molecular flexibility index (Phi) is 6.03. The van der Waals surface area contributed by atoms with E-state index in [0.29, 0.717) is 30.9 Å². The molecule has 5 heteroatoms. The van der Waals surface area contributed by atoms with Gasteiger partial charge in [0.1, 0.15) is 5.75 Å². The highest BCUT2D eigenvalue weighted by molar-refractivity contribution is 5.84. The molecule has 0 saturated heterocycles. The number of benzene rings is 1. The van der Waals surface area contributed by atoms with E-state index < -0.39 is 12.0 Å². The first-order valence-electron chi connectivity index (χ1n) is 6.74. The molecule has 1 aromatic rings. The van der Waals surface area contributed by atoms with Crippen molar-refractivity contribution in [2.24, 2.45) is 0 Å². The van der Waals surface area contributed by atoms with Gasteiger partial charge >= 0.3 is 5.97 Å². The molecule has 1 rings (SSSR count). The van der Waals surface area contributed by atoms with Gasteiger partial charge in [-0.25, -0.2) is 4.79 Å². The minimum atomic E-state index is -1.05. The van der Waals surface area contributed by atoms with E-state index in [9.17, 15) is 14.7 Å². The fourth-order valence-corrected chi connectivity index (χ4v) is 2.14. The number of nitrogens with zero attached hydrogens (tertiary/aromatic N) is 1. The topological polar surface area (TPSA) is 66.8 Å². The van der Waals surface area contributed by atoms with Crippen LogP contribution in [0.15, 0.2) is 24.3 Å². The first-order valence-corrected chi connectivity index (χ1v) is 6.74. The van der Waals surface area contributed by atoms with Crippen LogP contribution in [-0.4, -0.2) is 35.0 Å². The first-order chi connectivity index (χ1) is 9.52. The maximum atomic E-state index is 11.7. The monoisotopic (exact) mass is 279 g/mol. The lowest BCUT2D eigenvalue weighted by molar-refractivity contribution is -0.150. The van der Waals surface area contributed by atoms with Crippen LogP contribution < -0.4 is 4.74 Å². The van der Waals surface area contributed by atoms with Crippen LogP contribution in [0.25, 0.3) is 0 Å². The van der Waals surface area contributed by atoms with Gasteiger partial charge in [0.2, 0.25) is 5.91 Å². The third kappa shape index (κ3) is 3.73. The molecule has 0 spiro atoms. The predicted octanol–water partition coefficient (Wildman–Crippen LogP) is 2.47. The number of rotatable bonds is 7. The summed E-state index contributed by atoms with van der Waals surface area (Å²) in [5.74, 6) is -0.809. The lowest BCUT2D eigenvalue weighted by Crippen LogP contribution is -2.38. The molecule has 0 aliphatic carbocycles. The van der Waals surface area contributed by atoms with Crippen LogP contribution in [0, 0.1) is 0 Å². The molecule has 0 radical (unpaired) electrons. The van der Waals surface area contributed by atoms with Crippen LogP contribution in [0.1, 0.15) is 38.8 Å². The van der Waals surface area contributed by atoms with E-state index in [1.807, 2.05) is 13.8 Å². The van der Waals surface area contributed by atoms with Crippen molar-refractivity contribution in [3.8, 4) is 5.75 Å². The Morgan fingerprint density at radius 1 is 1.30 bits per heavy atom. The second kappa shape index (κ2) is 7.53. The number of aliphatic carboxylic acids is 1. The van der Waals surface area contributed by atoms with Crippen molar-refractivity contribution in [2.45, 2.75) is 33.2 Å². The number of amides is 1. The van der Waals surface area contributed by atoms with E-state index in [2.05, 4.69) is 0 Å². The molecular formula is C15H21NO4. The summed E-state index contributed by atoms with van der Waals surface area (Å²) in [6, 6.07) is 5.92. The third-order valence-corrected chi connectivity index (χ3v) is 2.93. The van der Waals surface area contributed by atoms with Gasteiger partial charge in [-0.05, 0) is 19.4 Å². The number of ether oxygens (including phenoxy) is 1. The lowest BCUT2D eigenvalue weighted by Gasteiger charge is -2.29. The van der Waals surface area contributed by atoms with Gasteiger partial charge in [-0.2, -0.15) is 0 Å². The maximum absolute atomic E-state index is 11.7. The summed E-state index contributed by atoms with van der Waals surface area (Å²) in [4.78, 5) is 24.7. The first kappa shape index (κ1) is 16.0. The number of carbonyl (C=O) groups excluding carboxylic acids is 1. The van der Waals surface area contributed by atoms with E-state index in [1.165, 1.54) is 11.8 Å². The molecule has 1 N–H and O–H groups in total. The summed E-state index contributed by atoms with van der Waals surface area (Å²) in [6.45, 7) is 5.96. The van der Waals surface area contributed by atoms with Crippen LogP contribution in [0.3, 0.4) is 0 Å². The minimum Gasteiger partial charge on any atom is -0.493 e. The van der Waals surface area contributed by atoms with Gasteiger partial charge in [0, 0.05) is 19.0 Å². The number of hydrogen-bond donors (Lipinski definition) is 1. The van der Waals surface area contributed by atoms with E-state index in [4.69, 9.17) is 4.74 Å².